The van der Waals surface area contributed by atoms with E-state index in [4.69, 9.17) is 27.9 Å². The van der Waals surface area contributed by atoms with Crippen LogP contribution < -0.4 is 10.2 Å². The third-order valence-electron chi connectivity index (χ3n) is 6.63. The molecular weight excluding hydrogens is 491 g/mol. The van der Waals surface area contributed by atoms with Crippen LogP contribution >= 0.6 is 23.2 Å². The average molecular weight is 517 g/mol. The fraction of sp³-hybridized carbons (Fsp3) is 0.417. The van der Waals surface area contributed by atoms with Crippen LogP contribution in [0.25, 0.3) is 11.3 Å². The fourth-order valence-electron chi connectivity index (χ4n) is 4.73. The molecule has 2 aliphatic rings. The molecule has 0 spiro atoms. The van der Waals surface area contributed by atoms with Crippen LogP contribution in [0.4, 0.5) is 17.3 Å². The number of ether oxygens (including phenoxy) is 1. The van der Waals surface area contributed by atoms with Crippen LogP contribution in [0.3, 0.4) is 0 Å². The predicted molar refractivity (Wildman–Crippen MR) is 134 cm³/mol. The second-order valence-electron chi connectivity index (χ2n) is 9.06. The molecule has 3 heterocycles. The number of halogens is 2. The highest BCUT2D eigenvalue weighted by Crippen LogP contribution is 2.40. The quantitative estimate of drug-likeness (QED) is 0.481. The lowest BCUT2D eigenvalue weighted by Crippen LogP contribution is -2.41. The molecule has 9 nitrogen and oxygen atoms in total. The van der Waals surface area contributed by atoms with E-state index in [1.54, 1.807) is 9.58 Å². The van der Waals surface area contributed by atoms with Crippen molar-refractivity contribution < 1.29 is 14.6 Å². The van der Waals surface area contributed by atoms with Gasteiger partial charge in [0.2, 0.25) is 5.95 Å². The Hall–Kier alpha value is -2.72. The van der Waals surface area contributed by atoms with Crippen LogP contribution in [0.1, 0.15) is 25.7 Å². The number of benzene rings is 1. The minimum Gasteiger partial charge on any atom is -0.396 e. The van der Waals surface area contributed by atoms with Gasteiger partial charge in [-0.15, -0.1) is 0 Å². The summed E-state index contributed by atoms with van der Waals surface area (Å²) in [6.07, 6.45) is 7.50. The number of aliphatic hydroxyl groups excluding tert-OH is 1. The van der Waals surface area contributed by atoms with Crippen molar-refractivity contribution in [2.24, 2.45) is 5.41 Å². The first-order chi connectivity index (χ1) is 17.0. The Balaban J connectivity index is 1.34. The molecule has 1 aromatic carbocycles. The zero-order valence-electron chi connectivity index (χ0n) is 19.1. The van der Waals surface area contributed by atoms with E-state index >= 15 is 0 Å². The van der Waals surface area contributed by atoms with E-state index in [0.717, 1.165) is 37.1 Å². The Morgan fingerprint density at radius 3 is 2.66 bits per heavy atom. The zero-order valence-corrected chi connectivity index (χ0v) is 20.6. The number of carbonyl (C=O) groups is 1. The molecule has 2 N–H and O–H groups in total. The number of rotatable bonds is 7. The fourth-order valence-corrected chi connectivity index (χ4v) is 5.16. The van der Waals surface area contributed by atoms with Crippen LogP contribution in [0.5, 0.6) is 0 Å². The highest BCUT2D eigenvalue weighted by molar-refractivity contribution is 6.35. The van der Waals surface area contributed by atoms with Crippen molar-refractivity contribution in [2.75, 3.05) is 36.6 Å². The summed E-state index contributed by atoms with van der Waals surface area (Å²) >= 11 is 12.9. The maximum Gasteiger partial charge on any atom is 0.253 e. The van der Waals surface area contributed by atoms with E-state index in [9.17, 15) is 9.90 Å². The Labute approximate surface area is 213 Å². The van der Waals surface area contributed by atoms with Crippen molar-refractivity contribution in [3.63, 3.8) is 0 Å². The van der Waals surface area contributed by atoms with Gasteiger partial charge in [0.25, 0.3) is 5.91 Å². The van der Waals surface area contributed by atoms with Crippen LogP contribution in [0.2, 0.25) is 10.2 Å². The first-order valence-corrected chi connectivity index (χ1v) is 12.3. The molecule has 0 unspecified atom stereocenters. The van der Waals surface area contributed by atoms with Gasteiger partial charge >= 0.3 is 0 Å². The molecule has 2 fully saturated rings. The van der Waals surface area contributed by atoms with Crippen molar-refractivity contribution in [2.45, 2.75) is 32.2 Å². The zero-order chi connectivity index (χ0) is 24.4. The number of aliphatic hydroxyl groups is 1. The highest BCUT2D eigenvalue weighted by atomic mass is 35.5. The van der Waals surface area contributed by atoms with Crippen molar-refractivity contribution in [3.8, 4) is 11.3 Å². The third-order valence-corrected chi connectivity index (χ3v) is 7.19. The maximum atomic E-state index is 12.1. The van der Waals surface area contributed by atoms with Gasteiger partial charge in [0.15, 0.2) is 5.15 Å². The summed E-state index contributed by atoms with van der Waals surface area (Å²) < 4.78 is 6.96. The van der Waals surface area contributed by atoms with Gasteiger partial charge in [0.05, 0.1) is 35.7 Å². The molecule has 11 heteroatoms. The molecule has 1 aliphatic carbocycles. The summed E-state index contributed by atoms with van der Waals surface area (Å²) in [7, 11) is 0. The topological polar surface area (TPSA) is 105 Å². The van der Waals surface area contributed by atoms with Crippen LogP contribution in [0.15, 0.2) is 36.7 Å². The minimum atomic E-state index is -0.160. The Morgan fingerprint density at radius 1 is 1.17 bits per heavy atom. The Morgan fingerprint density at radius 2 is 1.94 bits per heavy atom. The van der Waals surface area contributed by atoms with E-state index < -0.39 is 0 Å². The smallest absolute Gasteiger partial charge is 0.253 e. The predicted octanol–water partition coefficient (Wildman–Crippen LogP) is 4.31. The molecule has 2 aromatic heterocycles. The third kappa shape index (κ3) is 5.13. The van der Waals surface area contributed by atoms with Gasteiger partial charge in [0.1, 0.15) is 6.61 Å². The number of morpholine rings is 1. The number of anilines is 3. The number of hydrogen-bond donors (Lipinski definition) is 2. The number of nitrogens with zero attached hydrogens (tertiary/aromatic N) is 5. The minimum absolute atomic E-state index is 0.0575. The molecule has 0 radical (unpaired) electrons. The van der Waals surface area contributed by atoms with Gasteiger partial charge < -0.3 is 20.1 Å². The van der Waals surface area contributed by atoms with E-state index in [2.05, 4.69) is 20.4 Å². The molecule has 0 bridgehead atoms. The SMILES string of the molecule is O=C1COCCN1c1ccc(Nc2ncc(Cl)c(-c3cn(CC4(CO)CCCC4)nc3Cl)n2)cc1. The normalized spacial score (nSPS) is 17.7. The molecule has 184 valence electrons. The average Bonchev–Trinajstić information content (AvgIpc) is 3.48. The van der Waals surface area contributed by atoms with E-state index in [1.165, 1.54) is 6.20 Å². The second-order valence-corrected chi connectivity index (χ2v) is 9.82. The molecule has 1 amide bonds. The molecule has 1 aliphatic heterocycles. The summed E-state index contributed by atoms with van der Waals surface area (Å²) in [5.74, 6) is 0.295. The van der Waals surface area contributed by atoms with Gasteiger partial charge in [-0.2, -0.15) is 5.10 Å². The monoisotopic (exact) mass is 516 g/mol. The number of amides is 1. The second kappa shape index (κ2) is 10.1. The lowest BCUT2D eigenvalue weighted by atomic mass is 9.87. The van der Waals surface area contributed by atoms with Crippen molar-refractivity contribution in [1.82, 2.24) is 19.7 Å². The Kier molecular flexibility index (Phi) is 6.93. The molecule has 35 heavy (non-hydrogen) atoms. The van der Waals surface area contributed by atoms with Gasteiger partial charge in [-0.05, 0) is 37.1 Å². The van der Waals surface area contributed by atoms with Crippen molar-refractivity contribution in [1.29, 1.82) is 0 Å². The number of nitrogens with one attached hydrogen (secondary N) is 1. The van der Waals surface area contributed by atoms with E-state index in [-0.39, 0.29) is 24.5 Å². The summed E-state index contributed by atoms with van der Waals surface area (Å²) in [4.78, 5) is 22.6. The highest BCUT2D eigenvalue weighted by Gasteiger charge is 2.34. The summed E-state index contributed by atoms with van der Waals surface area (Å²) in [5.41, 5.74) is 2.49. The first-order valence-electron chi connectivity index (χ1n) is 11.6. The van der Waals surface area contributed by atoms with Gasteiger partial charge in [0, 0.05) is 36.1 Å². The summed E-state index contributed by atoms with van der Waals surface area (Å²) in [5, 5.41) is 18.2. The van der Waals surface area contributed by atoms with Crippen LogP contribution in [0, 0.1) is 5.41 Å². The molecule has 3 aromatic rings. The van der Waals surface area contributed by atoms with Crippen LogP contribution in [-0.2, 0) is 16.1 Å². The van der Waals surface area contributed by atoms with Gasteiger partial charge in [-0.1, -0.05) is 36.0 Å². The molecule has 5 rings (SSSR count). The lowest BCUT2D eigenvalue weighted by molar-refractivity contribution is -0.125. The standard InChI is InChI=1S/C24H26Cl2N6O3/c25-19-11-27-23(28-16-3-5-17(6-4-16)32-9-10-35-13-20(32)34)29-21(19)18-12-31(30-22(18)26)14-24(15-33)7-1-2-8-24/h3-6,11-12,33H,1-2,7-10,13-15H2,(H,27,28,29). The van der Waals surface area contributed by atoms with E-state index in [0.29, 0.717) is 47.1 Å². The van der Waals surface area contributed by atoms with E-state index in [1.807, 2.05) is 30.5 Å². The number of hydrogen-bond acceptors (Lipinski definition) is 7. The van der Waals surface area contributed by atoms with Gasteiger partial charge in [-0.3, -0.25) is 9.48 Å². The maximum absolute atomic E-state index is 12.1. The number of carbonyl (C=O) groups excluding carboxylic acids is 1. The Bertz CT molecular complexity index is 1210. The molecule has 1 saturated heterocycles. The summed E-state index contributed by atoms with van der Waals surface area (Å²) in [6.45, 7) is 1.87. The molecular formula is C24H26Cl2N6O3. The van der Waals surface area contributed by atoms with Crippen molar-refractivity contribution in [3.05, 3.63) is 46.8 Å². The lowest BCUT2D eigenvalue weighted by Gasteiger charge is -2.26. The molecule has 1 saturated carbocycles. The van der Waals surface area contributed by atoms with Gasteiger partial charge in [-0.25, -0.2) is 9.97 Å². The number of aromatic nitrogens is 4. The largest absolute Gasteiger partial charge is 0.396 e. The first kappa shape index (κ1) is 24.0. The molecule has 0 atom stereocenters. The van der Waals surface area contributed by atoms with Crippen LogP contribution in [-0.4, -0.2) is 57.1 Å². The summed E-state index contributed by atoms with van der Waals surface area (Å²) in [6, 6.07) is 7.44. The van der Waals surface area contributed by atoms with Crippen molar-refractivity contribution >= 4 is 46.4 Å².